The van der Waals surface area contributed by atoms with Gasteiger partial charge in [-0.05, 0) is 61.3 Å². The van der Waals surface area contributed by atoms with Gasteiger partial charge >= 0.3 is 6.03 Å². The van der Waals surface area contributed by atoms with Gasteiger partial charge in [0.2, 0.25) is 5.91 Å². The Morgan fingerprint density at radius 1 is 1.10 bits per heavy atom. The van der Waals surface area contributed by atoms with Gasteiger partial charge in [-0.15, -0.1) is 0 Å². The molecule has 2 aromatic rings. The van der Waals surface area contributed by atoms with Gasteiger partial charge in [0, 0.05) is 0 Å². The highest BCUT2D eigenvalue weighted by Gasteiger charge is 2.51. The molecule has 6 nitrogen and oxygen atoms in total. The summed E-state index contributed by atoms with van der Waals surface area (Å²) in [6.45, 7) is 3.48. The Morgan fingerprint density at radius 3 is 2.52 bits per heavy atom. The van der Waals surface area contributed by atoms with Crippen LogP contribution in [0.5, 0.6) is 0 Å². The number of nitrogens with zero attached hydrogens (tertiary/aromatic N) is 1. The van der Waals surface area contributed by atoms with Gasteiger partial charge in [-0.1, -0.05) is 55.5 Å². The van der Waals surface area contributed by atoms with Crippen LogP contribution in [-0.4, -0.2) is 29.3 Å². The van der Waals surface area contributed by atoms with Crippen molar-refractivity contribution in [1.29, 1.82) is 0 Å². The lowest BCUT2D eigenvalue weighted by Gasteiger charge is -2.25. The molecule has 2 atom stereocenters. The number of benzene rings is 2. The maximum absolute atomic E-state index is 13.2. The Kier molecular flexibility index (Phi) is 5.81. The highest BCUT2D eigenvalue weighted by atomic mass is 16.2. The predicted molar refractivity (Wildman–Crippen MR) is 118 cm³/mol. The van der Waals surface area contributed by atoms with Crippen molar-refractivity contribution in [3.8, 4) is 0 Å². The number of rotatable bonds is 6. The zero-order valence-electron chi connectivity index (χ0n) is 18.1. The van der Waals surface area contributed by atoms with Gasteiger partial charge in [-0.25, -0.2) is 4.79 Å². The van der Waals surface area contributed by atoms with Crippen LogP contribution in [0.15, 0.2) is 48.5 Å². The second kappa shape index (κ2) is 8.53. The molecule has 1 fully saturated rings. The number of aryl methyl sites for hydroxylation is 2. The van der Waals surface area contributed by atoms with Crippen molar-refractivity contribution < 1.29 is 14.4 Å². The summed E-state index contributed by atoms with van der Waals surface area (Å²) in [5, 5.41) is 5.76. The minimum absolute atomic E-state index is 0.203. The van der Waals surface area contributed by atoms with E-state index >= 15 is 0 Å². The molecular weight excluding hydrogens is 390 g/mol. The van der Waals surface area contributed by atoms with Crippen LogP contribution in [0.4, 0.5) is 4.79 Å². The van der Waals surface area contributed by atoms with Crippen LogP contribution in [-0.2, 0) is 28.0 Å². The summed E-state index contributed by atoms with van der Waals surface area (Å²) < 4.78 is 0. The number of nitrogens with one attached hydrogen (secondary N) is 2. The fourth-order valence-corrected chi connectivity index (χ4v) is 4.67. The second-order valence-electron chi connectivity index (χ2n) is 8.47. The molecule has 162 valence electrons. The van der Waals surface area contributed by atoms with Gasteiger partial charge in [0.15, 0.2) is 0 Å². The molecule has 1 aliphatic heterocycles. The average Bonchev–Trinajstić information content (AvgIpc) is 3.04. The molecule has 1 aliphatic carbocycles. The molecule has 1 saturated heterocycles. The quantitative estimate of drug-likeness (QED) is 0.702. The highest BCUT2D eigenvalue weighted by Crippen LogP contribution is 2.32. The zero-order chi connectivity index (χ0) is 22.0. The van der Waals surface area contributed by atoms with E-state index in [1.165, 1.54) is 24.0 Å². The van der Waals surface area contributed by atoms with Crippen molar-refractivity contribution in [2.75, 3.05) is 6.54 Å². The monoisotopic (exact) mass is 419 g/mol. The molecule has 0 aromatic heterocycles. The molecule has 6 heteroatoms. The van der Waals surface area contributed by atoms with E-state index in [0.717, 1.165) is 28.9 Å². The van der Waals surface area contributed by atoms with E-state index in [2.05, 4.69) is 28.8 Å². The molecule has 0 radical (unpaired) electrons. The Balaban J connectivity index is 1.45. The molecule has 4 amide bonds. The van der Waals surface area contributed by atoms with E-state index < -0.39 is 11.6 Å². The number of hydrogen-bond donors (Lipinski definition) is 2. The fraction of sp³-hybridized carbons (Fsp3) is 0.400. The summed E-state index contributed by atoms with van der Waals surface area (Å²) in [5.74, 6) is -0.739. The first-order valence-corrected chi connectivity index (χ1v) is 11.1. The van der Waals surface area contributed by atoms with E-state index in [9.17, 15) is 14.4 Å². The maximum Gasteiger partial charge on any atom is 0.325 e. The lowest BCUT2D eigenvalue weighted by atomic mass is 9.87. The summed E-state index contributed by atoms with van der Waals surface area (Å²) >= 11 is 0. The Labute approximate surface area is 183 Å². The predicted octanol–water partition coefficient (Wildman–Crippen LogP) is 3.60. The number of amides is 4. The summed E-state index contributed by atoms with van der Waals surface area (Å²) in [6.07, 6.45) is 5.02. The van der Waals surface area contributed by atoms with Crippen LogP contribution < -0.4 is 10.6 Å². The summed E-state index contributed by atoms with van der Waals surface area (Å²) in [4.78, 5) is 39.5. The first-order valence-electron chi connectivity index (χ1n) is 11.1. The number of fused-ring (bicyclic) bond motifs is 1. The van der Waals surface area contributed by atoms with Crippen molar-refractivity contribution in [3.63, 3.8) is 0 Å². The third-order valence-corrected chi connectivity index (χ3v) is 6.52. The number of carbonyl (C=O) groups excluding carboxylic acids is 3. The highest BCUT2D eigenvalue weighted by molar-refractivity contribution is 6.09. The summed E-state index contributed by atoms with van der Waals surface area (Å²) in [7, 11) is 0. The summed E-state index contributed by atoms with van der Waals surface area (Å²) in [6, 6.07) is 14.8. The smallest absolute Gasteiger partial charge is 0.325 e. The SMILES string of the molecule is CC[C@@]1(c2ccccc2)NC(=O)N(CC(=O)N[C@H](C)c2ccc3c(c2)CCCC3)C1=O. The number of imide groups is 1. The van der Waals surface area contributed by atoms with Crippen LogP contribution in [0.1, 0.15) is 61.4 Å². The average molecular weight is 420 g/mol. The molecule has 0 bridgehead atoms. The summed E-state index contributed by atoms with van der Waals surface area (Å²) in [5.41, 5.74) is 3.39. The van der Waals surface area contributed by atoms with Crippen LogP contribution >= 0.6 is 0 Å². The van der Waals surface area contributed by atoms with E-state index in [1.54, 1.807) is 0 Å². The number of carbonyl (C=O) groups is 3. The van der Waals surface area contributed by atoms with Gasteiger partial charge in [-0.3, -0.25) is 14.5 Å². The Bertz CT molecular complexity index is 1000. The molecule has 2 N–H and O–H groups in total. The molecule has 0 spiro atoms. The molecule has 31 heavy (non-hydrogen) atoms. The van der Waals surface area contributed by atoms with Gasteiger partial charge in [0.25, 0.3) is 5.91 Å². The number of hydrogen-bond acceptors (Lipinski definition) is 3. The largest absolute Gasteiger partial charge is 0.348 e. The Morgan fingerprint density at radius 2 is 1.81 bits per heavy atom. The fourth-order valence-electron chi connectivity index (χ4n) is 4.67. The van der Waals surface area contributed by atoms with Gasteiger partial charge in [0.05, 0.1) is 6.04 Å². The topological polar surface area (TPSA) is 78.5 Å². The van der Waals surface area contributed by atoms with Crippen molar-refractivity contribution in [3.05, 3.63) is 70.8 Å². The van der Waals surface area contributed by atoms with Crippen molar-refractivity contribution in [2.24, 2.45) is 0 Å². The zero-order valence-corrected chi connectivity index (χ0v) is 18.1. The normalized spacial score (nSPS) is 21.4. The lowest BCUT2D eigenvalue weighted by Crippen LogP contribution is -2.45. The Hall–Kier alpha value is -3.15. The molecule has 0 saturated carbocycles. The third-order valence-electron chi connectivity index (χ3n) is 6.52. The molecule has 1 heterocycles. The first-order chi connectivity index (χ1) is 14.9. The molecular formula is C25H29N3O3. The minimum atomic E-state index is -1.12. The van der Waals surface area contributed by atoms with Crippen LogP contribution in [0.2, 0.25) is 0 Å². The van der Waals surface area contributed by atoms with Crippen LogP contribution in [0.3, 0.4) is 0 Å². The molecule has 2 aliphatic rings. The maximum atomic E-state index is 13.2. The van der Waals surface area contributed by atoms with E-state index in [1.807, 2.05) is 44.2 Å². The standard InChI is InChI=1S/C25H29N3O3/c1-3-25(21-11-5-4-6-12-21)23(30)28(24(31)27-25)16-22(29)26-17(2)19-14-13-18-9-7-8-10-20(18)15-19/h4-6,11-15,17H,3,7-10,16H2,1-2H3,(H,26,29)(H,27,31)/t17-,25+/m1/s1. The van der Waals surface area contributed by atoms with Crippen LogP contribution in [0.25, 0.3) is 0 Å². The first kappa shape index (κ1) is 21.1. The second-order valence-corrected chi connectivity index (χ2v) is 8.47. The van der Waals surface area contributed by atoms with Gasteiger partial charge < -0.3 is 10.6 Å². The third kappa shape index (κ3) is 3.94. The van der Waals surface area contributed by atoms with E-state index in [4.69, 9.17) is 0 Å². The number of urea groups is 1. The minimum Gasteiger partial charge on any atom is -0.348 e. The van der Waals surface area contributed by atoms with Crippen molar-refractivity contribution in [2.45, 2.75) is 57.5 Å². The van der Waals surface area contributed by atoms with Crippen molar-refractivity contribution in [1.82, 2.24) is 15.5 Å². The lowest BCUT2D eigenvalue weighted by molar-refractivity contribution is -0.135. The molecule has 4 rings (SSSR count). The van der Waals surface area contributed by atoms with Crippen LogP contribution in [0, 0.1) is 0 Å². The van der Waals surface area contributed by atoms with Gasteiger partial charge in [0.1, 0.15) is 12.1 Å². The van der Waals surface area contributed by atoms with E-state index in [0.29, 0.717) is 6.42 Å². The van der Waals surface area contributed by atoms with E-state index in [-0.39, 0.29) is 24.4 Å². The van der Waals surface area contributed by atoms with Gasteiger partial charge in [-0.2, -0.15) is 0 Å². The molecule has 0 unspecified atom stereocenters. The molecule has 2 aromatic carbocycles. The van der Waals surface area contributed by atoms with Crippen molar-refractivity contribution >= 4 is 17.8 Å².